The minimum absolute atomic E-state index is 0.151. The monoisotopic (exact) mass is 208 g/mol. The Bertz CT molecular complexity index is 356. The molecule has 0 fully saturated rings. The predicted octanol–water partition coefficient (Wildman–Crippen LogP) is 1.62. The molecule has 1 heterocycles. The van der Waals surface area contributed by atoms with Gasteiger partial charge in [-0.15, -0.1) is 0 Å². The molecule has 0 saturated heterocycles. The second-order valence-electron chi connectivity index (χ2n) is 4.28. The van der Waals surface area contributed by atoms with Crippen LogP contribution in [0.5, 0.6) is 5.75 Å². The van der Waals surface area contributed by atoms with Crippen molar-refractivity contribution in [2.75, 3.05) is 7.11 Å². The summed E-state index contributed by atoms with van der Waals surface area (Å²) in [5, 5.41) is 2.86. The average molecular weight is 208 g/mol. The van der Waals surface area contributed by atoms with Gasteiger partial charge < -0.3 is 10.1 Å². The molecule has 1 rings (SSSR count). The number of hydrogen-bond donors (Lipinski definition) is 1. The molecule has 1 amide bonds. The highest BCUT2D eigenvalue weighted by molar-refractivity contribution is 5.97. The number of rotatable bonds is 2. The Morgan fingerprint density at radius 1 is 1.47 bits per heavy atom. The van der Waals surface area contributed by atoms with E-state index in [4.69, 9.17) is 4.74 Å². The molecule has 1 aromatic rings. The van der Waals surface area contributed by atoms with Gasteiger partial charge in [-0.3, -0.25) is 9.78 Å². The van der Waals surface area contributed by atoms with Crippen molar-refractivity contribution in [2.45, 2.75) is 26.3 Å². The fourth-order valence-corrected chi connectivity index (χ4v) is 1.14. The molecule has 0 aliphatic rings. The van der Waals surface area contributed by atoms with Gasteiger partial charge in [-0.1, -0.05) is 0 Å². The Balaban J connectivity index is 2.91. The number of methoxy groups -OCH3 is 1. The maximum absolute atomic E-state index is 11.8. The fourth-order valence-electron chi connectivity index (χ4n) is 1.14. The summed E-state index contributed by atoms with van der Waals surface area (Å²) in [6, 6.07) is 1.64. The van der Waals surface area contributed by atoms with Crippen LogP contribution in [-0.4, -0.2) is 23.5 Å². The van der Waals surface area contributed by atoms with Gasteiger partial charge in [0, 0.05) is 11.7 Å². The fraction of sp³-hybridized carbons (Fsp3) is 0.455. The molecule has 1 N–H and O–H groups in total. The first-order valence-corrected chi connectivity index (χ1v) is 4.74. The maximum atomic E-state index is 11.8. The van der Waals surface area contributed by atoms with Crippen molar-refractivity contribution >= 4 is 5.91 Å². The van der Waals surface area contributed by atoms with E-state index in [9.17, 15) is 4.79 Å². The van der Waals surface area contributed by atoms with Gasteiger partial charge in [0.15, 0.2) is 0 Å². The Labute approximate surface area is 89.7 Å². The first-order valence-electron chi connectivity index (χ1n) is 4.74. The van der Waals surface area contributed by atoms with E-state index in [-0.39, 0.29) is 11.4 Å². The molecular weight excluding hydrogens is 192 g/mol. The number of hydrogen-bond acceptors (Lipinski definition) is 3. The summed E-state index contributed by atoms with van der Waals surface area (Å²) in [5.41, 5.74) is 0.244. The zero-order valence-corrected chi connectivity index (χ0v) is 9.50. The van der Waals surface area contributed by atoms with Crippen LogP contribution < -0.4 is 10.1 Å². The molecule has 0 radical (unpaired) electrons. The lowest BCUT2D eigenvalue weighted by Gasteiger charge is -2.21. The summed E-state index contributed by atoms with van der Waals surface area (Å²) in [6.45, 7) is 5.79. The Hall–Kier alpha value is -1.58. The Morgan fingerprint density at radius 3 is 2.67 bits per heavy atom. The van der Waals surface area contributed by atoms with Gasteiger partial charge in [-0.2, -0.15) is 0 Å². The molecule has 0 aliphatic heterocycles. The molecule has 0 spiro atoms. The number of amides is 1. The van der Waals surface area contributed by atoms with Crippen LogP contribution >= 0.6 is 0 Å². The van der Waals surface area contributed by atoms with Crippen molar-refractivity contribution in [1.82, 2.24) is 10.3 Å². The van der Waals surface area contributed by atoms with Gasteiger partial charge in [-0.05, 0) is 26.8 Å². The number of aromatic nitrogens is 1. The zero-order chi connectivity index (χ0) is 11.5. The van der Waals surface area contributed by atoms with Crippen LogP contribution in [0.1, 0.15) is 31.1 Å². The predicted molar refractivity (Wildman–Crippen MR) is 58.0 cm³/mol. The smallest absolute Gasteiger partial charge is 0.255 e. The van der Waals surface area contributed by atoms with Crippen LogP contribution in [0.2, 0.25) is 0 Å². The van der Waals surface area contributed by atoms with Gasteiger partial charge >= 0.3 is 0 Å². The highest BCUT2D eigenvalue weighted by atomic mass is 16.5. The molecule has 0 bridgehead atoms. The molecule has 0 aromatic carbocycles. The van der Waals surface area contributed by atoms with E-state index in [2.05, 4.69) is 10.3 Å². The number of ether oxygens (including phenoxy) is 1. The second kappa shape index (κ2) is 4.29. The molecule has 0 unspecified atom stereocenters. The Morgan fingerprint density at radius 2 is 2.13 bits per heavy atom. The summed E-state index contributed by atoms with van der Waals surface area (Å²) in [7, 11) is 1.52. The number of nitrogens with one attached hydrogen (secondary N) is 1. The number of carbonyl (C=O) groups is 1. The van der Waals surface area contributed by atoms with E-state index in [1.54, 1.807) is 12.3 Å². The SMILES string of the molecule is COc1cnccc1C(=O)NC(C)(C)C. The lowest BCUT2D eigenvalue weighted by molar-refractivity contribution is 0.0916. The van der Waals surface area contributed by atoms with Crippen LogP contribution in [0.4, 0.5) is 0 Å². The molecule has 0 atom stereocenters. The number of carbonyl (C=O) groups excluding carboxylic acids is 1. The number of nitrogens with zero attached hydrogens (tertiary/aromatic N) is 1. The highest BCUT2D eigenvalue weighted by Gasteiger charge is 2.18. The second-order valence-corrected chi connectivity index (χ2v) is 4.28. The molecule has 1 aromatic heterocycles. The minimum Gasteiger partial charge on any atom is -0.494 e. The number of pyridine rings is 1. The topological polar surface area (TPSA) is 51.2 Å². The van der Waals surface area contributed by atoms with E-state index < -0.39 is 0 Å². The van der Waals surface area contributed by atoms with Gasteiger partial charge in [0.2, 0.25) is 0 Å². The lowest BCUT2D eigenvalue weighted by atomic mass is 10.1. The standard InChI is InChI=1S/C11H16N2O2/c1-11(2,3)13-10(14)8-5-6-12-7-9(8)15-4/h5-7H,1-4H3,(H,13,14). The van der Waals surface area contributed by atoms with E-state index >= 15 is 0 Å². The third kappa shape index (κ3) is 3.23. The third-order valence-electron chi connectivity index (χ3n) is 1.74. The van der Waals surface area contributed by atoms with Crippen molar-refractivity contribution in [2.24, 2.45) is 0 Å². The van der Waals surface area contributed by atoms with Crippen LogP contribution in [0.25, 0.3) is 0 Å². The van der Waals surface area contributed by atoms with Crippen molar-refractivity contribution in [1.29, 1.82) is 0 Å². The molecule has 0 saturated carbocycles. The molecule has 15 heavy (non-hydrogen) atoms. The van der Waals surface area contributed by atoms with Crippen LogP contribution in [0.15, 0.2) is 18.5 Å². The quantitative estimate of drug-likeness (QED) is 0.803. The summed E-state index contributed by atoms with van der Waals surface area (Å²) in [5.74, 6) is 0.334. The molecule has 4 nitrogen and oxygen atoms in total. The van der Waals surface area contributed by atoms with Gasteiger partial charge in [0.1, 0.15) is 5.75 Å². The van der Waals surface area contributed by atoms with E-state index in [0.29, 0.717) is 11.3 Å². The largest absolute Gasteiger partial charge is 0.494 e. The van der Waals surface area contributed by atoms with Crippen LogP contribution in [0.3, 0.4) is 0 Å². The van der Waals surface area contributed by atoms with E-state index in [0.717, 1.165) is 0 Å². The summed E-state index contributed by atoms with van der Waals surface area (Å²) >= 11 is 0. The van der Waals surface area contributed by atoms with Crippen molar-refractivity contribution < 1.29 is 9.53 Å². The summed E-state index contributed by atoms with van der Waals surface area (Å²) in [4.78, 5) is 15.7. The van der Waals surface area contributed by atoms with Crippen molar-refractivity contribution in [3.8, 4) is 5.75 Å². The van der Waals surface area contributed by atoms with Gasteiger partial charge in [0.25, 0.3) is 5.91 Å². The molecule has 82 valence electrons. The third-order valence-corrected chi connectivity index (χ3v) is 1.74. The summed E-state index contributed by atoms with van der Waals surface area (Å²) in [6.07, 6.45) is 3.09. The van der Waals surface area contributed by atoms with Crippen LogP contribution in [0, 0.1) is 0 Å². The van der Waals surface area contributed by atoms with E-state index in [1.165, 1.54) is 13.3 Å². The van der Waals surface area contributed by atoms with Gasteiger partial charge in [-0.25, -0.2) is 0 Å². The lowest BCUT2D eigenvalue weighted by Crippen LogP contribution is -2.40. The first-order chi connectivity index (χ1) is 6.94. The average Bonchev–Trinajstić information content (AvgIpc) is 2.15. The summed E-state index contributed by atoms with van der Waals surface area (Å²) < 4.78 is 5.06. The molecule has 0 aliphatic carbocycles. The Kier molecular flexibility index (Phi) is 3.29. The first kappa shape index (κ1) is 11.5. The minimum atomic E-state index is -0.259. The highest BCUT2D eigenvalue weighted by Crippen LogP contribution is 2.16. The van der Waals surface area contributed by atoms with E-state index in [1.807, 2.05) is 20.8 Å². The van der Waals surface area contributed by atoms with Gasteiger partial charge in [0.05, 0.1) is 18.9 Å². The van der Waals surface area contributed by atoms with Crippen LogP contribution in [-0.2, 0) is 0 Å². The maximum Gasteiger partial charge on any atom is 0.255 e. The normalized spacial score (nSPS) is 10.9. The zero-order valence-electron chi connectivity index (χ0n) is 9.50. The molecule has 4 heteroatoms. The van der Waals surface area contributed by atoms with Crippen molar-refractivity contribution in [3.63, 3.8) is 0 Å². The van der Waals surface area contributed by atoms with Crippen molar-refractivity contribution in [3.05, 3.63) is 24.0 Å². The molecular formula is C11H16N2O2.